The largest absolute Gasteiger partial charge is 0.481 e. The fourth-order valence-electron chi connectivity index (χ4n) is 2.98. The first-order valence-electron chi connectivity index (χ1n) is 6.00. The van der Waals surface area contributed by atoms with E-state index in [0.717, 1.165) is 0 Å². The van der Waals surface area contributed by atoms with Crippen molar-refractivity contribution in [2.24, 2.45) is 17.8 Å². The first-order valence-corrected chi connectivity index (χ1v) is 6.00. The Labute approximate surface area is 101 Å². The van der Waals surface area contributed by atoms with E-state index >= 15 is 0 Å². The molecule has 94 valence electrons. The molecule has 0 spiro atoms. The SMILES string of the molecule is CC(CC(=O)O)C1COC2(C)C=CC(=O)CC12. The molecular formula is C13H18O4. The number of ketones is 1. The summed E-state index contributed by atoms with van der Waals surface area (Å²) in [4.78, 5) is 22.2. The Kier molecular flexibility index (Phi) is 3.08. The van der Waals surface area contributed by atoms with Crippen molar-refractivity contribution in [1.29, 1.82) is 0 Å². The van der Waals surface area contributed by atoms with Gasteiger partial charge >= 0.3 is 5.97 Å². The Morgan fingerprint density at radius 2 is 2.41 bits per heavy atom. The molecule has 1 fully saturated rings. The van der Waals surface area contributed by atoms with Gasteiger partial charge in [0.25, 0.3) is 0 Å². The van der Waals surface area contributed by atoms with E-state index in [-0.39, 0.29) is 35.6 Å². The van der Waals surface area contributed by atoms with E-state index in [1.54, 1.807) is 6.08 Å². The predicted molar refractivity (Wildman–Crippen MR) is 61.5 cm³/mol. The molecule has 2 rings (SSSR count). The lowest BCUT2D eigenvalue weighted by Crippen LogP contribution is -2.37. The Bertz CT molecular complexity index is 374. The van der Waals surface area contributed by atoms with Crippen LogP contribution in [0.25, 0.3) is 0 Å². The number of carbonyl (C=O) groups excluding carboxylic acids is 1. The number of carbonyl (C=O) groups is 2. The standard InChI is InChI=1S/C13H18O4/c1-8(5-12(15)16)10-7-17-13(2)4-3-9(14)6-11(10)13/h3-4,8,10-11H,5-7H2,1-2H3,(H,15,16). The van der Waals surface area contributed by atoms with Gasteiger partial charge in [-0.15, -0.1) is 0 Å². The fourth-order valence-corrected chi connectivity index (χ4v) is 2.98. The molecule has 0 radical (unpaired) electrons. The van der Waals surface area contributed by atoms with E-state index in [1.807, 2.05) is 19.9 Å². The number of ether oxygens (including phenoxy) is 1. The molecule has 1 aliphatic carbocycles. The lowest BCUT2D eigenvalue weighted by molar-refractivity contribution is -0.138. The molecule has 4 heteroatoms. The summed E-state index contributed by atoms with van der Waals surface area (Å²) in [6.45, 7) is 4.46. The molecule has 0 aromatic heterocycles. The van der Waals surface area contributed by atoms with Crippen LogP contribution in [0.15, 0.2) is 12.2 Å². The Morgan fingerprint density at radius 3 is 3.06 bits per heavy atom. The van der Waals surface area contributed by atoms with Crippen molar-refractivity contribution in [1.82, 2.24) is 0 Å². The zero-order valence-corrected chi connectivity index (χ0v) is 10.2. The smallest absolute Gasteiger partial charge is 0.303 e. The minimum absolute atomic E-state index is 0.0404. The van der Waals surface area contributed by atoms with Crippen LogP contribution in [0.5, 0.6) is 0 Å². The molecule has 17 heavy (non-hydrogen) atoms. The molecule has 4 atom stereocenters. The van der Waals surface area contributed by atoms with Gasteiger partial charge in [0, 0.05) is 18.8 Å². The normalized spacial score (nSPS) is 37.9. The van der Waals surface area contributed by atoms with Crippen LogP contribution < -0.4 is 0 Å². The number of rotatable bonds is 3. The van der Waals surface area contributed by atoms with Gasteiger partial charge in [-0.3, -0.25) is 9.59 Å². The summed E-state index contributed by atoms with van der Waals surface area (Å²) in [6, 6.07) is 0. The second-order valence-corrected chi connectivity index (χ2v) is 5.34. The second kappa shape index (κ2) is 4.26. The van der Waals surface area contributed by atoms with Gasteiger partial charge in [-0.25, -0.2) is 0 Å². The van der Waals surface area contributed by atoms with Crippen molar-refractivity contribution < 1.29 is 19.4 Å². The van der Waals surface area contributed by atoms with Gasteiger partial charge in [0.05, 0.1) is 12.2 Å². The summed E-state index contributed by atoms with van der Waals surface area (Å²) in [5.74, 6) is -0.354. The number of fused-ring (bicyclic) bond motifs is 1. The highest BCUT2D eigenvalue weighted by atomic mass is 16.5. The predicted octanol–water partition coefficient (Wildman–Crippen LogP) is 1.65. The average Bonchev–Trinajstić information content (AvgIpc) is 2.55. The van der Waals surface area contributed by atoms with E-state index in [4.69, 9.17) is 9.84 Å². The average molecular weight is 238 g/mol. The fraction of sp³-hybridized carbons (Fsp3) is 0.692. The third kappa shape index (κ3) is 2.27. The highest BCUT2D eigenvalue weighted by molar-refractivity contribution is 5.91. The van der Waals surface area contributed by atoms with Crippen molar-refractivity contribution >= 4 is 11.8 Å². The lowest BCUT2D eigenvalue weighted by atomic mass is 9.71. The van der Waals surface area contributed by atoms with Gasteiger partial charge in [-0.2, -0.15) is 0 Å². The molecule has 1 saturated heterocycles. The number of carboxylic acids is 1. The zero-order chi connectivity index (χ0) is 12.6. The molecule has 1 heterocycles. The maximum absolute atomic E-state index is 11.5. The highest BCUT2D eigenvalue weighted by Crippen LogP contribution is 2.45. The Hall–Kier alpha value is -1.16. The summed E-state index contributed by atoms with van der Waals surface area (Å²) in [7, 11) is 0. The number of aliphatic carboxylic acids is 1. The van der Waals surface area contributed by atoms with E-state index < -0.39 is 5.97 Å². The highest BCUT2D eigenvalue weighted by Gasteiger charge is 2.49. The van der Waals surface area contributed by atoms with Gasteiger partial charge in [-0.05, 0) is 30.9 Å². The third-order valence-corrected chi connectivity index (χ3v) is 4.09. The first kappa shape index (κ1) is 12.3. The third-order valence-electron chi connectivity index (χ3n) is 4.09. The monoisotopic (exact) mass is 238 g/mol. The maximum atomic E-state index is 11.5. The summed E-state index contributed by atoms with van der Waals surface area (Å²) < 4.78 is 5.78. The number of hydrogen-bond donors (Lipinski definition) is 1. The molecule has 1 aliphatic heterocycles. The quantitative estimate of drug-likeness (QED) is 0.812. The van der Waals surface area contributed by atoms with Gasteiger partial charge in [-0.1, -0.05) is 6.92 Å². The van der Waals surface area contributed by atoms with E-state index in [9.17, 15) is 9.59 Å². The molecule has 0 aromatic rings. The van der Waals surface area contributed by atoms with Crippen LogP contribution in [-0.4, -0.2) is 29.1 Å². The molecule has 1 N–H and O–H groups in total. The molecule has 0 saturated carbocycles. The molecule has 4 nitrogen and oxygen atoms in total. The van der Waals surface area contributed by atoms with Crippen LogP contribution >= 0.6 is 0 Å². The molecule has 2 aliphatic rings. The summed E-state index contributed by atoms with van der Waals surface area (Å²) in [5, 5.41) is 8.83. The van der Waals surface area contributed by atoms with E-state index in [2.05, 4.69) is 0 Å². The van der Waals surface area contributed by atoms with E-state index in [1.165, 1.54) is 0 Å². The van der Waals surface area contributed by atoms with Crippen LogP contribution in [-0.2, 0) is 14.3 Å². The molecule has 0 amide bonds. The topological polar surface area (TPSA) is 63.6 Å². The van der Waals surface area contributed by atoms with Crippen LogP contribution in [0, 0.1) is 17.8 Å². The van der Waals surface area contributed by atoms with Gasteiger partial charge in [0.15, 0.2) is 5.78 Å². The summed E-state index contributed by atoms with van der Waals surface area (Å²) >= 11 is 0. The number of hydrogen-bond acceptors (Lipinski definition) is 3. The van der Waals surface area contributed by atoms with Crippen LogP contribution in [0.3, 0.4) is 0 Å². The maximum Gasteiger partial charge on any atom is 0.303 e. The van der Waals surface area contributed by atoms with Crippen LogP contribution in [0.2, 0.25) is 0 Å². The van der Waals surface area contributed by atoms with Crippen molar-refractivity contribution in [3.63, 3.8) is 0 Å². The molecule has 4 unspecified atom stereocenters. The minimum atomic E-state index is -0.788. The molecule has 0 bridgehead atoms. The van der Waals surface area contributed by atoms with Crippen LogP contribution in [0.4, 0.5) is 0 Å². The van der Waals surface area contributed by atoms with Gasteiger partial charge in [0.2, 0.25) is 0 Å². The Balaban J connectivity index is 2.14. The number of carboxylic acid groups (broad SMARTS) is 1. The zero-order valence-electron chi connectivity index (χ0n) is 10.2. The van der Waals surface area contributed by atoms with Crippen molar-refractivity contribution in [2.75, 3.05) is 6.61 Å². The second-order valence-electron chi connectivity index (χ2n) is 5.34. The van der Waals surface area contributed by atoms with Crippen molar-refractivity contribution in [3.05, 3.63) is 12.2 Å². The van der Waals surface area contributed by atoms with Gasteiger partial charge < -0.3 is 9.84 Å². The number of allylic oxidation sites excluding steroid dienone is 1. The molecular weight excluding hydrogens is 220 g/mol. The lowest BCUT2D eigenvalue weighted by Gasteiger charge is -2.33. The first-order chi connectivity index (χ1) is 7.92. The summed E-state index contributed by atoms with van der Waals surface area (Å²) in [6.07, 6.45) is 4.03. The summed E-state index contributed by atoms with van der Waals surface area (Å²) in [5.41, 5.74) is -0.384. The van der Waals surface area contributed by atoms with Crippen LogP contribution in [0.1, 0.15) is 26.7 Å². The molecule has 0 aromatic carbocycles. The van der Waals surface area contributed by atoms with Gasteiger partial charge in [0.1, 0.15) is 0 Å². The minimum Gasteiger partial charge on any atom is -0.481 e. The van der Waals surface area contributed by atoms with Crippen molar-refractivity contribution in [3.8, 4) is 0 Å². The van der Waals surface area contributed by atoms with Crippen molar-refractivity contribution in [2.45, 2.75) is 32.3 Å². The Morgan fingerprint density at radius 1 is 1.71 bits per heavy atom. The van der Waals surface area contributed by atoms with E-state index in [0.29, 0.717) is 13.0 Å².